The molecule has 0 atom stereocenters. The number of nitrogens with zero attached hydrogens (tertiary/aromatic N) is 3. The van der Waals surface area contributed by atoms with Gasteiger partial charge in [0.2, 0.25) is 11.8 Å². The summed E-state index contributed by atoms with van der Waals surface area (Å²) in [6.07, 6.45) is 0.624. The standard InChI is InChI=1S/C10H12N4O4/c1-3-6-12-13-7(17-6)4-16-10(15)8-5(2)14-18-9(8)11/h3-4,11H2,1-2H3. The first kappa shape index (κ1) is 12.1. The van der Waals surface area contributed by atoms with E-state index >= 15 is 0 Å². The van der Waals surface area contributed by atoms with Crippen LogP contribution in [0.3, 0.4) is 0 Å². The molecule has 0 amide bonds. The minimum Gasteiger partial charge on any atom is -0.452 e. The molecule has 2 N–H and O–H groups in total. The molecule has 0 spiro atoms. The number of esters is 1. The number of hydrogen-bond acceptors (Lipinski definition) is 8. The van der Waals surface area contributed by atoms with E-state index in [0.29, 0.717) is 18.0 Å². The topological polar surface area (TPSA) is 117 Å². The van der Waals surface area contributed by atoms with Gasteiger partial charge in [0, 0.05) is 6.42 Å². The smallest absolute Gasteiger partial charge is 0.346 e. The molecule has 0 bridgehead atoms. The van der Waals surface area contributed by atoms with Gasteiger partial charge in [-0.1, -0.05) is 12.1 Å². The number of ether oxygens (including phenoxy) is 1. The fourth-order valence-corrected chi connectivity index (χ4v) is 1.32. The second kappa shape index (κ2) is 4.86. The predicted octanol–water partition coefficient (Wildman–Crippen LogP) is 0.868. The summed E-state index contributed by atoms with van der Waals surface area (Å²) in [5.74, 6) is 0.00868. The van der Waals surface area contributed by atoms with Crippen LogP contribution in [0.1, 0.15) is 34.8 Å². The molecule has 0 fully saturated rings. The molecule has 8 heteroatoms. The van der Waals surface area contributed by atoms with Crippen molar-refractivity contribution in [2.75, 3.05) is 5.73 Å². The fraction of sp³-hybridized carbons (Fsp3) is 0.400. The van der Waals surface area contributed by atoms with Crippen molar-refractivity contribution < 1.29 is 18.5 Å². The molecule has 8 nitrogen and oxygen atoms in total. The molecule has 2 rings (SSSR count). The van der Waals surface area contributed by atoms with E-state index in [1.807, 2.05) is 6.92 Å². The van der Waals surface area contributed by atoms with Crippen LogP contribution in [-0.2, 0) is 17.8 Å². The monoisotopic (exact) mass is 252 g/mol. The Labute approximate surface area is 102 Å². The first-order valence-corrected chi connectivity index (χ1v) is 5.32. The van der Waals surface area contributed by atoms with Crippen LogP contribution in [0.2, 0.25) is 0 Å². The summed E-state index contributed by atoms with van der Waals surface area (Å²) in [5, 5.41) is 11.0. The Bertz CT molecular complexity index is 540. The van der Waals surface area contributed by atoms with Gasteiger partial charge in [-0.05, 0) is 6.92 Å². The minimum atomic E-state index is -0.637. The molecule has 0 aliphatic heterocycles. The largest absolute Gasteiger partial charge is 0.452 e. The van der Waals surface area contributed by atoms with Crippen LogP contribution in [0.4, 0.5) is 5.88 Å². The van der Waals surface area contributed by atoms with E-state index in [0.717, 1.165) is 0 Å². The van der Waals surface area contributed by atoms with E-state index in [4.69, 9.17) is 14.9 Å². The molecule has 2 aromatic heterocycles. The number of anilines is 1. The van der Waals surface area contributed by atoms with E-state index in [2.05, 4.69) is 19.9 Å². The molecule has 0 unspecified atom stereocenters. The van der Waals surface area contributed by atoms with Gasteiger partial charge in [-0.2, -0.15) is 0 Å². The summed E-state index contributed by atoms with van der Waals surface area (Å²) < 4.78 is 14.8. The average molecular weight is 252 g/mol. The zero-order chi connectivity index (χ0) is 13.1. The highest BCUT2D eigenvalue weighted by Gasteiger charge is 2.20. The number of carbonyl (C=O) groups excluding carboxylic acids is 1. The van der Waals surface area contributed by atoms with Gasteiger partial charge in [0.1, 0.15) is 5.56 Å². The summed E-state index contributed by atoms with van der Waals surface area (Å²) in [6, 6.07) is 0. The number of aryl methyl sites for hydroxylation is 2. The molecule has 2 heterocycles. The van der Waals surface area contributed by atoms with Crippen LogP contribution in [0.25, 0.3) is 0 Å². The maximum Gasteiger partial charge on any atom is 0.346 e. The van der Waals surface area contributed by atoms with Gasteiger partial charge < -0.3 is 19.4 Å². The van der Waals surface area contributed by atoms with Crippen molar-refractivity contribution in [1.29, 1.82) is 0 Å². The molecular formula is C10H12N4O4. The molecule has 2 aromatic rings. The first-order chi connectivity index (χ1) is 8.61. The highest BCUT2D eigenvalue weighted by Crippen LogP contribution is 2.17. The Morgan fingerprint density at radius 1 is 1.39 bits per heavy atom. The van der Waals surface area contributed by atoms with Crippen LogP contribution in [0.5, 0.6) is 0 Å². The summed E-state index contributed by atoms with van der Waals surface area (Å²) >= 11 is 0. The quantitative estimate of drug-likeness (QED) is 0.796. The van der Waals surface area contributed by atoms with Gasteiger partial charge >= 0.3 is 5.97 Å². The Balaban J connectivity index is 2.00. The molecule has 0 aliphatic rings. The second-order valence-corrected chi connectivity index (χ2v) is 3.53. The highest BCUT2D eigenvalue weighted by atomic mass is 16.5. The molecular weight excluding hydrogens is 240 g/mol. The Kier molecular flexibility index (Phi) is 3.26. The van der Waals surface area contributed by atoms with Crippen LogP contribution >= 0.6 is 0 Å². The lowest BCUT2D eigenvalue weighted by Gasteiger charge is -2.00. The summed E-state index contributed by atoms with van der Waals surface area (Å²) in [7, 11) is 0. The van der Waals surface area contributed by atoms with Gasteiger partial charge in [-0.15, -0.1) is 10.2 Å². The van der Waals surface area contributed by atoms with Gasteiger partial charge in [0.25, 0.3) is 5.89 Å². The van der Waals surface area contributed by atoms with Crippen LogP contribution < -0.4 is 5.73 Å². The average Bonchev–Trinajstić information content (AvgIpc) is 2.93. The summed E-state index contributed by atoms with van der Waals surface area (Å²) in [4.78, 5) is 11.7. The van der Waals surface area contributed by atoms with E-state index in [9.17, 15) is 4.79 Å². The number of carbonyl (C=O) groups is 1. The van der Waals surface area contributed by atoms with Crippen LogP contribution in [-0.4, -0.2) is 21.3 Å². The Morgan fingerprint density at radius 2 is 2.11 bits per heavy atom. The SMILES string of the molecule is CCc1nnc(COC(=O)c2c(C)noc2N)o1. The van der Waals surface area contributed by atoms with Crippen LogP contribution in [0, 0.1) is 6.92 Å². The van der Waals surface area contributed by atoms with Gasteiger partial charge in [0.15, 0.2) is 6.61 Å². The highest BCUT2D eigenvalue weighted by molar-refractivity contribution is 5.94. The van der Waals surface area contributed by atoms with Crippen molar-refractivity contribution in [1.82, 2.24) is 15.4 Å². The third-order valence-electron chi connectivity index (χ3n) is 2.23. The zero-order valence-electron chi connectivity index (χ0n) is 9.97. The predicted molar refractivity (Wildman–Crippen MR) is 58.4 cm³/mol. The maximum atomic E-state index is 11.7. The number of nitrogens with two attached hydrogens (primary N) is 1. The van der Waals surface area contributed by atoms with Crippen molar-refractivity contribution in [3.63, 3.8) is 0 Å². The number of rotatable bonds is 4. The van der Waals surface area contributed by atoms with E-state index in [-0.39, 0.29) is 23.9 Å². The van der Waals surface area contributed by atoms with Gasteiger partial charge in [-0.3, -0.25) is 0 Å². The maximum absolute atomic E-state index is 11.7. The van der Waals surface area contributed by atoms with E-state index < -0.39 is 5.97 Å². The van der Waals surface area contributed by atoms with Crippen molar-refractivity contribution in [3.05, 3.63) is 23.0 Å². The molecule has 0 aliphatic carbocycles. The van der Waals surface area contributed by atoms with Gasteiger partial charge in [-0.25, -0.2) is 4.79 Å². The van der Waals surface area contributed by atoms with E-state index in [1.165, 1.54) is 0 Å². The first-order valence-electron chi connectivity index (χ1n) is 5.32. The van der Waals surface area contributed by atoms with Crippen molar-refractivity contribution >= 4 is 11.9 Å². The van der Waals surface area contributed by atoms with Crippen molar-refractivity contribution in [3.8, 4) is 0 Å². The van der Waals surface area contributed by atoms with Crippen molar-refractivity contribution in [2.24, 2.45) is 0 Å². The normalized spacial score (nSPS) is 10.6. The third-order valence-corrected chi connectivity index (χ3v) is 2.23. The van der Waals surface area contributed by atoms with Gasteiger partial charge in [0.05, 0.1) is 5.69 Å². The van der Waals surface area contributed by atoms with E-state index in [1.54, 1.807) is 6.92 Å². The lowest BCUT2D eigenvalue weighted by molar-refractivity contribution is 0.0436. The number of aromatic nitrogens is 3. The molecule has 0 saturated carbocycles. The zero-order valence-corrected chi connectivity index (χ0v) is 9.97. The molecule has 96 valence electrons. The second-order valence-electron chi connectivity index (χ2n) is 3.53. The van der Waals surface area contributed by atoms with Crippen molar-refractivity contribution in [2.45, 2.75) is 26.9 Å². The molecule has 0 aromatic carbocycles. The Morgan fingerprint density at radius 3 is 2.67 bits per heavy atom. The number of nitrogen functional groups attached to an aromatic ring is 1. The lowest BCUT2D eigenvalue weighted by atomic mass is 10.2. The minimum absolute atomic E-state index is 0.0720. The summed E-state index contributed by atoms with van der Waals surface area (Å²) in [6.45, 7) is 3.36. The molecule has 0 saturated heterocycles. The lowest BCUT2D eigenvalue weighted by Crippen LogP contribution is -2.08. The third kappa shape index (κ3) is 2.31. The molecule has 0 radical (unpaired) electrons. The Hall–Kier alpha value is -2.38. The molecule has 18 heavy (non-hydrogen) atoms. The number of hydrogen-bond donors (Lipinski definition) is 1. The fourth-order valence-electron chi connectivity index (χ4n) is 1.32. The summed E-state index contributed by atoms with van der Waals surface area (Å²) in [5.41, 5.74) is 5.94. The van der Waals surface area contributed by atoms with Crippen LogP contribution in [0.15, 0.2) is 8.94 Å².